The molecule has 0 aromatic carbocycles. The number of esters is 1. The van der Waals surface area contributed by atoms with Crippen molar-refractivity contribution in [3.05, 3.63) is 0 Å². The molecule has 0 radical (unpaired) electrons. The molecule has 0 aliphatic carbocycles. The Morgan fingerprint density at radius 3 is 2.60 bits per heavy atom. The van der Waals surface area contributed by atoms with E-state index in [1.54, 1.807) is 6.92 Å². The maximum Gasteiger partial charge on any atom is 0.328 e. The summed E-state index contributed by atoms with van der Waals surface area (Å²) >= 11 is 0. The van der Waals surface area contributed by atoms with Crippen molar-refractivity contribution in [3.63, 3.8) is 0 Å². The number of halogens is 1. The van der Waals surface area contributed by atoms with Crippen molar-refractivity contribution in [2.45, 2.75) is 30.6 Å². The van der Waals surface area contributed by atoms with Gasteiger partial charge in [-0.2, -0.15) is 0 Å². The summed E-state index contributed by atoms with van der Waals surface area (Å²) in [6.45, 7) is 1.88. The minimum Gasteiger partial charge on any atom is -0.468 e. The summed E-state index contributed by atoms with van der Waals surface area (Å²) in [5.74, 6) is -0.812. The van der Waals surface area contributed by atoms with E-state index in [-0.39, 0.29) is 25.6 Å². The summed E-state index contributed by atoms with van der Waals surface area (Å²) in [5, 5.41) is 0. The fourth-order valence-electron chi connectivity index (χ4n) is 1.74. The van der Waals surface area contributed by atoms with Crippen LogP contribution >= 0.6 is 10.7 Å². The van der Waals surface area contributed by atoms with E-state index in [4.69, 9.17) is 15.4 Å². The molecule has 0 spiro atoms. The van der Waals surface area contributed by atoms with Gasteiger partial charge in [0, 0.05) is 30.1 Å². The van der Waals surface area contributed by atoms with Gasteiger partial charge in [-0.05, 0) is 6.92 Å². The Kier molecular flexibility index (Phi) is 3.63. The Hall–Kier alpha value is -0.330. The van der Waals surface area contributed by atoms with Crippen LogP contribution in [0, 0.1) is 0 Å². The van der Waals surface area contributed by atoms with Gasteiger partial charge in [-0.25, -0.2) is 8.42 Å². The van der Waals surface area contributed by atoms with Crippen LogP contribution in [0.3, 0.4) is 0 Å². The van der Waals surface area contributed by atoms with Gasteiger partial charge < -0.3 is 9.47 Å². The van der Waals surface area contributed by atoms with Gasteiger partial charge in [0.1, 0.15) is 0 Å². The standard InChI is InChI=1S/C8H13ClO5S/c1-6-5-8(3-4-14-6,7(10)13-2)15(9,11)12/h6H,3-5H2,1-2H3. The molecule has 0 saturated carbocycles. The molecular weight excluding hydrogens is 244 g/mol. The molecule has 88 valence electrons. The third-order valence-corrected chi connectivity index (χ3v) is 4.91. The van der Waals surface area contributed by atoms with Crippen LogP contribution in [-0.4, -0.2) is 39.0 Å². The van der Waals surface area contributed by atoms with Crippen LogP contribution in [0.2, 0.25) is 0 Å². The minimum atomic E-state index is -4.01. The first-order chi connectivity index (χ1) is 6.83. The van der Waals surface area contributed by atoms with Crippen LogP contribution in [0.15, 0.2) is 0 Å². The maximum atomic E-state index is 11.5. The lowest BCUT2D eigenvalue weighted by atomic mass is 9.95. The highest BCUT2D eigenvalue weighted by Crippen LogP contribution is 2.36. The van der Waals surface area contributed by atoms with Crippen molar-refractivity contribution in [2.75, 3.05) is 13.7 Å². The minimum absolute atomic E-state index is 0.0332. The summed E-state index contributed by atoms with van der Waals surface area (Å²) < 4.78 is 31.0. The van der Waals surface area contributed by atoms with Crippen molar-refractivity contribution < 1.29 is 22.7 Å². The average molecular weight is 257 g/mol. The first kappa shape index (κ1) is 12.7. The van der Waals surface area contributed by atoms with E-state index < -0.39 is 19.8 Å². The Bertz CT molecular complexity index is 352. The number of carbonyl (C=O) groups is 1. The molecule has 15 heavy (non-hydrogen) atoms. The van der Waals surface area contributed by atoms with Crippen LogP contribution in [0.5, 0.6) is 0 Å². The average Bonchev–Trinajstić information content (AvgIpc) is 2.14. The van der Waals surface area contributed by atoms with E-state index in [1.807, 2.05) is 0 Å². The fraction of sp³-hybridized carbons (Fsp3) is 0.875. The molecule has 2 atom stereocenters. The molecule has 0 N–H and O–H groups in total. The van der Waals surface area contributed by atoms with Crippen LogP contribution in [0.1, 0.15) is 19.8 Å². The van der Waals surface area contributed by atoms with Gasteiger partial charge >= 0.3 is 5.97 Å². The van der Waals surface area contributed by atoms with E-state index in [9.17, 15) is 13.2 Å². The van der Waals surface area contributed by atoms with Crippen LogP contribution in [0.4, 0.5) is 0 Å². The normalized spacial score (nSPS) is 32.3. The summed E-state index contributed by atoms with van der Waals surface area (Å²) in [5.41, 5.74) is 0. The van der Waals surface area contributed by atoms with E-state index in [2.05, 4.69) is 4.74 Å². The molecular formula is C8H13ClO5S. The van der Waals surface area contributed by atoms with Crippen LogP contribution in [-0.2, 0) is 23.3 Å². The lowest BCUT2D eigenvalue weighted by Gasteiger charge is -2.34. The number of ether oxygens (including phenoxy) is 2. The van der Waals surface area contributed by atoms with Crippen molar-refractivity contribution in [1.82, 2.24) is 0 Å². The predicted molar refractivity (Wildman–Crippen MR) is 54.2 cm³/mol. The first-order valence-electron chi connectivity index (χ1n) is 4.48. The van der Waals surface area contributed by atoms with Gasteiger partial charge in [0.2, 0.25) is 9.05 Å². The van der Waals surface area contributed by atoms with Gasteiger partial charge in [0.05, 0.1) is 13.2 Å². The van der Waals surface area contributed by atoms with Gasteiger partial charge in [-0.3, -0.25) is 4.79 Å². The van der Waals surface area contributed by atoms with Gasteiger partial charge in [-0.15, -0.1) is 0 Å². The van der Waals surface area contributed by atoms with Crippen molar-refractivity contribution >= 4 is 25.7 Å². The first-order valence-corrected chi connectivity index (χ1v) is 6.78. The maximum absolute atomic E-state index is 11.5. The van der Waals surface area contributed by atoms with Crippen LogP contribution < -0.4 is 0 Å². The van der Waals surface area contributed by atoms with Gasteiger partial charge in [0.25, 0.3) is 0 Å². The summed E-state index contributed by atoms with van der Waals surface area (Å²) in [6, 6.07) is 0. The molecule has 1 aliphatic rings. The van der Waals surface area contributed by atoms with Gasteiger partial charge in [-0.1, -0.05) is 0 Å². The van der Waals surface area contributed by atoms with Gasteiger partial charge in [0.15, 0.2) is 4.75 Å². The Morgan fingerprint density at radius 2 is 2.20 bits per heavy atom. The molecule has 7 heteroatoms. The number of rotatable bonds is 2. The van der Waals surface area contributed by atoms with Crippen molar-refractivity contribution in [3.8, 4) is 0 Å². The SMILES string of the molecule is COC(=O)C1(S(=O)(=O)Cl)CCOC(C)C1. The number of methoxy groups -OCH3 is 1. The molecule has 1 rings (SSSR count). The molecule has 1 heterocycles. The molecule has 1 aliphatic heterocycles. The number of hydrogen-bond donors (Lipinski definition) is 0. The zero-order valence-electron chi connectivity index (χ0n) is 8.53. The summed E-state index contributed by atoms with van der Waals surface area (Å²) in [6.07, 6.45) is -0.257. The van der Waals surface area contributed by atoms with Crippen molar-refractivity contribution in [1.29, 1.82) is 0 Å². The molecule has 0 bridgehead atoms. The molecule has 0 aromatic heterocycles. The predicted octanol–water partition coefficient (Wildman–Crippen LogP) is 0.666. The number of carbonyl (C=O) groups excluding carboxylic acids is 1. The highest BCUT2D eigenvalue weighted by Gasteiger charge is 2.53. The highest BCUT2D eigenvalue weighted by atomic mass is 35.7. The second-order valence-electron chi connectivity index (χ2n) is 3.56. The monoisotopic (exact) mass is 256 g/mol. The molecule has 0 amide bonds. The number of hydrogen-bond acceptors (Lipinski definition) is 5. The molecule has 1 fully saturated rings. The molecule has 1 saturated heterocycles. The Labute approximate surface area is 93.1 Å². The lowest BCUT2D eigenvalue weighted by molar-refractivity contribution is -0.147. The topological polar surface area (TPSA) is 69.7 Å². The Balaban J connectivity index is 3.12. The van der Waals surface area contributed by atoms with E-state index in [0.717, 1.165) is 7.11 Å². The lowest BCUT2D eigenvalue weighted by Crippen LogP contribution is -2.51. The third-order valence-electron chi connectivity index (χ3n) is 2.55. The van der Waals surface area contributed by atoms with E-state index >= 15 is 0 Å². The van der Waals surface area contributed by atoms with E-state index in [0.29, 0.717) is 0 Å². The zero-order valence-corrected chi connectivity index (χ0v) is 10.1. The molecule has 5 nitrogen and oxygen atoms in total. The quantitative estimate of drug-likeness (QED) is 0.536. The second kappa shape index (κ2) is 4.27. The van der Waals surface area contributed by atoms with Crippen molar-refractivity contribution in [2.24, 2.45) is 0 Å². The largest absolute Gasteiger partial charge is 0.468 e. The second-order valence-corrected chi connectivity index (χ2v) is 6.44. The molecule has 2 unspecified atom stereocenters. The molecule has 0 aromatic rings. The van der Waals surface area contributed by atoms with Crippen LogP contribution in [0.25, 0.3) is 0 Å². The Morgan fingerprint density at radius 1 is 1.60 bits per heavy atom. The summed E-state index contributed by atoms with van der Waals surface area (Å²) in [4.78, 5) is 11.5. The zero-order chi connectivity index (χ0) is 11.7. The third kappa shape index (κ3) is 2.26. The summed E-state index contributed by atoms with van der Waals surface area (Å²) in [7, 11) is 2.45. The van der Waals surface area contributed by atoms with E-state index in [1.165, 1.54) is 0 Å². The smallest absolute Gasteiger partial charge is 0.328 e. The fourth-order valence-corrected chi connectivity index (χ4v) is 3.40. The highest BCUT2D eigenvalue weighted by molar-refractivity contribution is 8.15.